The fourth-order valence-corrected chi connectivity index (χ4v) is 1.63. The van der Waals surface area contributed by atoms with Gasteiger partial charge in [-0.3, -0.25) is 0 Å². The zero-order valence-corrected chi connectivity index (χ0v) is 11.8. The molecule has 19 heavy (non-hydrogen) atoms. The van der Waals surface area contributed by atoms with E-state index in [9.17, 15) is 9.59 Å². The minimum Gasteiger partial charge on any atom is -0.480 e. The molecule has 112 valence electrons. The van der Waals surface area contributed by atoms with E-state index < -0.39 is 24.6 Å². The fourth-order valence-electron chi connectivity index (χ4n) is 1.63. The fraction of sp³-hybridized carbons (Fsp3) is 0.846. The average Bonchev–Trinajstić information content (AvgIpc) is 2.34. The number of urea groups is 1. The molecular formula is C13H26N2O4. The van der Waals surface area contributed by atoms with Crippen molar-refractivity contribution in [2.75, 3.05) is 13.2 Å². The van der Waals surface area contributed by atoms with Crippen LogP contribution in [0, 0.1) is 5.92 Å². The molecule has 0 aromatic carbocycles. The highest BCUT2D eigenvalue weighted by Crippen LogP contribution is 2.08. The first kappa shape index (κ1) is 17.7. The van der Waals surface area contributed by atoms with E-state index in [4.69, 9.17) is 10.2 Å². The van der Waals surface area contributed by atoms with Crippen LogP contribution in [0.15, 0.2) is 0 Å². The Hall–Kier alpha value is -1.30. The van der Waals surface area contributed by atoms with Gasteiger partial charge in [0, 0.05) is 6.54 Å². The first-order valence-electron chi connectivity index (χ1n) is 6.85. The number of aliphatic carboxylic acids is 1. The Morgan fingerprint density at radius 2 is 1.74 bits per heavy atom. The van der Waals surface area contributed by atoms with Crippen LogP contribution in [-0.4, -0.2) is 41.4 Å². The minimum absolute atomic E-state index is 0.519. The summed E-state index contributed by atoms with van der Waals surface area (Å²) in [4.78, 5) is 21.9. The van der Waals surface area contributed by atoms with Crippen LogP contribution in [0.3, 0.4) is 0 Å². The zero-order valence-electron chi connectivity index (χ0n) is 11.8. The first-order chi connectivity index (χ1) is 8.97. The van der Waals surface area contributed by atoms with E-state index >= 15 is 0 Å². The van der Waals surface area contributed by atoms with E-state index in [1.165, 1.54) is 12.8 Å². The largest absolute Gasteiger partial charge is 0.480 e. The lowest BCUT2D eigenvalue weighted by Crippen LogP contribution is -2.48. The molecule has 0 radical (unpaired) electrons. The van der Waals surface area contributed by atoms with Crippen molar-refractivity contribution in [3.05, 3.63) is 0 Å². The first-order valence-corrected chi connectivity index (χ1v) is 6.85. The summed E-state index contributed by atoms with van der Waals surface area (Å²) in [6.07, 6.45) is 5.51. The van der Waals surface area contributed by atoms with Crippen LogP contribution < -0.4 is 10.6 Å². The van der Waals surface area contributed by atoms with Gasteiger partial charge in [-0.1, -0.05) is 39.5 Å². The Bertz CT molecular complexity index is 269. The van der Waals surface area contributed by atoms with Crippen LogP contribution in [0.2, 0.25) is 0 Å². The Morgan fingerprint density at radius 1 is 1.11 bits per heavy atom. The van der Waals surface area contributed by atoms with Gasteiger partial charge in [0.15, 0.2) is 6.04 Å². The van der Waals surface area contributed by atoms with E-state index in [0.717, 1.165) is 25.2 Å². The van der Waals surface area contributed by atoms with E-state index in [1.807, 2.05) is 0 Å². The number of carbonyl (C=O) groups excluding carboxylic acids is 1. The lowest BCUT2D eigenvalue weighted by atomic mass is 10.0. The van der Waals surface area contributed by atoms with Gasteiger partial charge in [-0.2, -0.15) is 0 Å². The second-order valence-corrected chi connectivity index (χ2v) is 5.07. The molecule has 0 aliphatic carbocycles. The Balaban J connectivity index is 3.51. The van der Waals surface area contributed by atoms with Crippen LogP contribution in [-0.2, 0) is 4.79 Å². The molecule has 6 nitrogen and oxygen atoms in total. The normalized spacial score (nSPS) is 12.2. The Kier molecular flexibility index (Phi) is 9.88. The summed E-state index contributed by atoms with van der Waals surface area (Å²) in [5.74, 6) is -0.512. The molecule has 0 aromatic rings. The standard InChI is InChI=1S/C13H26N2O4/c1-10(2)7-5-3-4-6-8-14-13(19)15-11(9-16)12(17)18/h10-11,16H,3-9H2,1-2H3,(H,17,18)(H2,14,15,19)/t11-/m1/s1. The van der Waals surface area contributed by atoms with E-state index in [0.29, 0.717) is 6.54 Å². The molecule has 6 heteroatoms. The molecule has 2 amide bonds. The van der Waals surface area contributed by atoms with Gasteiger partial charge in [-0.05, 0) is 12.3 Å². The Morgan fingerprint density at radius 3 is 2.26 bits per heavy atom. The quantitative estimate of drug-likeness (QED) is 0.452. The van der Waals surface area contributed by atoms with Gasteiger partial charge in [0.05, 0.1) is 6.61 Å². The van der Waals surface area contributed by atoms with Crippen LogP contribution in [0.1, 0.15) is 46.0 Å². The molecule has 0 aliphatic rings. The van der Waals surface area contributed by atoms with Crippen molar-refractivity contribution in [1.29, 1.82) is 0 Å². The predicted octanol–water partition coefficient (Wildman–Crippen LogP) is 1.34. The van der Waals surface area contributed by atoms with Gasteiger partial charge < -0.3 is 20.8 Å². The van der Waals surface area contributed by atoms with Crippen molar-refractivity contribution in [1.82, 2.24) is 10.6 Å². The van der Waals surface area contributed by atoms with Gasteiger partial charge >= 0.3 is 12.0 Å². The minimum atomic E-state index is -1.24. The molecule has 0 aromatic heterocycles. The maximum absolute atomic E-state index is 11.3. The maximum Gasteiger partial charge on any atom is 0.328 e. The molecule has 4 N–H and O–H groups in total. The monoisotopic (exact) mass is 274 g/mol. The number of carboxylic acid groups (broad SMARTS) is 1. The van der Waals surface area contributed by atoms with Crippen molar-refractivity contribution < 1.29 is 19.8 Å². The molecular weight excluding hydrogens is 248 g/mol. The topological polar surface area (TPSA) is 98.7 Å². The number of carboxylic acids is 1. The second kappa shape index (κ2) is 10.6. The van der Waals surface area contributed by atoms with Gasteiger partial charge in [0.1, 0.15) is 0 Å². The van der Waals surface area contributed by atoms with Gasteiger partial charge in [-0.15, -0.1) is 0 Å². The number of aliphatic hydroxyl groups is 1. The summed E-state index contributed by atoms with van der Waals surface area (Å²) in [5.41, 5.74) is 0. The van der Waals surface area contributed by atoms with Crippen LogP contribution in [0.25, 0.3) is 0 Å². The third-order valence-electron chi connectivity index (χ3n) is 2.78. The molecule has 0 saturated heterocycles. The maximum atomic E-state index is 11.3. The molecule has 0 rings (SSSR count). The molecule has 0 saturated carbocycles. The lowest BCUT2D eigenvalue weighted by Gasteiger charge is -2.12. The third-order valence-corrected chi connectivity index (χ3v) is 2.78. The summed E-state index contributed by atoms with van der Waals surface area (Å²) >= 11 is 0. The smallest absolute Gasteiger partial charge is 0.328 e. The predicted molar refractivity (Wildman–Crippen MR) is 73.0 cm³/mol. The molecule has 0 spiro atoms. The summed E-state index contributed by atoms with van der Waals surface area (Å²) < 4.78 is 0. The molecule has 1 atom stereocenters. The highest BCUT2D eigenvalue weighted by atomic mass is 16.4. The summed E-state index contributed by atoms with van der Waals surface area (Å²) in [6, 6.07) is -1.80. The van der Waals surface area contributed by atoms with Crippen molar-refractivity contribution in [2.45, 2.75) is 52.0 Å². The SMILES string of the molecule is CC(C)CCCCCCNC(=O)N[C@H](CO)C(=O)O. The molecule has 0 fully saturated rings. The Labute approximate surface area is 114 Å². The van der Waals surface area contributed by atoms with Crippen molar-refractivity contribution in [3.63, 3.8) is 0 Å². The van der Waals surface area contributed by atoms with Crippen LogP contribution >= 0.6 is 0 Å². The number of unbranched alkanes of at least 4 members (excludes halogenated alkanes) is 3. The number of hydrogen-bond acceptors (Lipinski definition) is 3. The summed E-state index contributed by atoms with van der Waals surface area (Å²) in [6.45, 7) is 4.31. The van der Waals surface area contributed by atoms with Gasteiger partial charge in [0.25, 0.3) is 0 Å². The number of rotatable bonds is 10. The van der Waals surface area contributed by atoms with Crippen molar-refractivity contribution >= 4 is 12.0 Å². The number of aliphatic hydroxyl groups excluding tert-OH is 1. The van der Waals surface area contributed by atoms with E-state index in [-0.39, 0.29) is 0 Å². The highest BCUT2D eigenvalue weighted by molar-refractivity contribution is 5.82. The van der Waals surface area contributed by atoms with E-state index in [2.05, 4.69) is 24.5 Å². The van der Waals surface area contributed by atoms with Gasteiger partial charge in [0.2, 0.25) is 0 Å². The average molecular weight is 274 g/mol. The van der Waals surface area contributed by atoms with Gasteiger partial charge in [-0.25, -0.2) is 9.59 Å². The van der Waals surface area contributed by atoms with Crippen molar-refractivity contribution in [2.24, 2.45) is 5.92 Å². The summed E-state index contributed by atoms with van der Waals surface area (Å²) in [7, 11) is 0. The second-order valence-electron chi connectivity index (χ2n) is 5.07. The van der Waals surface area contributed by atoms with E-state index in [1.54, 1.807) is 0 Å². The molecule has 0 unspecified atom stereocenters. The number of carbonyl (C=O) groups is 2. The van der Waals surface area contributed by atoms with Crippen LogP contribution in [0.4, 0.5) is 4.79 Å². The molecule has 0 heterocycles. The van der Waals surface area contributed by atoms with Crippen molar-refractivity contribution in [3.8, 4) is 0 Å². The zero-order chi connectivity index (χ0) is 14.7. The molecule has 0 aliphatic heterocycles. The van der Waals surface area contributed by atoms with Crippen LogP contribution in [0.5, 0.6) is 0 Å². The number of nitrogens with one attached hydrogen (secondary N) is 2. The third kappa shape index (κ3) is 10.3. The number of amides is 2. The number of hydrogen-bond donors (Lipinski definition) is 4. The highest BCUT2D eigenvalue weighted by Gasteiger charge is 2.17. The summed E-state index contributed by atoms with van der Waals surface area (Å²) in [5, 5.41) is 22.1. The molecule has 0 bridgehead atoms. The lowest BCUT2D eigenvalue weighted by molar-refractivity contribution is -0.140.